The van der Waals surface area contributed by atoms with Crippen LogP contribution in [0.2, 0.25) is 0 Å². The van der Waals surface area contributed by atoms with Gasteiger partial charge in [0.25, 0.3) is 0 Å². The smallest absolute Gasteiger partial charge is 0.244 e. The van der Waals surface area contributed by atoms with E-state index in [4.69, 9.17) is 0 Å². The molecular weight excluding hydrogens is 256 g/mol. The Kier molecular flexibility index (Phi) is 5.11. The normalized spacial score (nSPS) is 17.9. The van der Waals surface area contributed by atoms with Crippen LogP contribution in [0.3, 0.4) is 0 Å². The second-order valence-electron chi connectivity index (χ2n) is 5.56. The van der Waals surface area contributed by atoms with Crippen molar-refractivity contribution in [3.8, 4) is 0 Å². The number of carbonyl (C=O) groups excluding carboxylic acids is 1. The molecule has 0 aromatic carbocycles. The highest BCUT2D eigenvalue weighted by Gasteiger charge is 2.22. The first-order valence-corrected chi connectivity index (χ1v) is 7.45. The number of carbonyl (C=O) groups is 1. The van der Waals surface area contributed by atoms with E-state index in [9.17, 15) is 9.90 Å². The molecule has 1 N–H and O–H groups in total. The fraction of sp³-hybridized carbons (Fsp3) is 0.786. The third-order valence-corrected chi connectivity index (χ3v) is 4.10. The Labute approximate surface area is 119 Å². The van der Waals surface area contributed by atoms with Gasteiger partial charge in [-0.05, 0) is 19.3 Å². The van der Waals surface area contributed by atoms with E-state index in [1.807, 2.05) is 18.9 Å². The summed E-state index contributed by atoms with van der Waals surface area (Å²) in [6, 6.07) is 0.362. The number of nitrogens with zero attached hydrogens (tertiary/aromatic N) is 4. The third kappa shape index (κ3) is 3.56. The van der Waals surface area contributed by atoms with Gasteiger partial charge in [-0.15, -0.1) is 5.10 Å². The lowest BCUT2D eigenvalue weighted by Crippen LogP contribution is -2.40. The molecule has 20 heavy (non-hydrogen) atoms. The van der Waals surface area contributed by atoms with Crippen molar-refractivity contribution in [3.05, 3.63) is 11.9 Å². The van der Waals surface area contributed by atoms with Crippen molar-refractivity contribution in [2.24, 2.45) is 0 Å². The summed E-state index contributed by atoms with van der Waals surface area (Å²) >= 11 is 0. The zero-order valence-electron chi connectivity index (χ0n) is 12.3. The number of hydrogen-bond acceptors (Lipinski definition) is 4. The average Bonchev–Trinajstić information content (AvgIpc) is 2.95. The van der Waals surface area contributed by atoms with Crippen molar-refractivity contribution < 1.29 is 9.90 Å². The lowest BCUT2D eigenvalue weighted by Gasteiger charge is -2.31. The van der Waals surface area contributed by atoms with Crippen LogP contribution in [-0.2, 0) is 11.3 Å². The molecule has 1 unspecified atom stereocenters. The molecule has 0 bridgehead atoms. The molecule has 0 saturated heterocycles. The Morgan fingerprint density at radius 2 is 2.20 bits per heavy atom. The Morgan fingerprint density at radius 1 is 1.50 bits per heavy atom. The first-order valence-electron chi connectivity index (χ1n) is 7.45. The van der Waals surface area contributed by atoms with Gasteiger partial charge in [-0.1, -0.05) is 31.4 Å². The molecule has 112 valence electrons. The summed E-state index contributed by atoms with van der Waals surface area (Å²) in [7, 11) is 1.87. The molecule has 0 aliphatic heterocycles. The topological polar surface area (TPSA) is 71.2 Å². The summed E-state index contributed by atoms with van der Waals surface area (Å²) < 4.78 is 1.51. The van der Waals surface area contributed by atoms with Gasteiger partial charge in [-0.2, -0.15) is 0 Å². The van der Waals surface area contributed by atoms with Crippen LogP contribution in [0.5, 0.6) is 0 Å². The molecule has 1 aliphatic carbocycles. The van der Waals surface area contributed by atoms with E-state index in [1.54, 1.807) is 6.20 Å². The van der Waals surface area contributed by atoms with Gasteiger partial charge in [0.15, 0.2) is 0 Å². The van der Waals surface area contributed by atoms with Gasteiger partial charge >= 0.3 is 0 Å². The molecule has 1 amide bonds. The van der Waals surface area contributed by atoms with E-state index in [0.29, 0.717) is 18.2 Å². The van der Waals surface area contributed by atoms with Crippen molar-refractivity contribution in [3.63, 3.8) is 0 Å². The van der Waals surface area contributed by atoms with Gasteiger partial charge in [0.1, 0.15) is 12.2 Å². The third-order valence-electron chi connectivity index (χ3n) is 4.10. The van der Waals surface area contributed by atoms with Crippen molar-refractivity contribution in [1.82, 2.24) is 19.9 Å². The summed E-state index contributed by atoms with van der Waals surface area (Å²) in [6.07, 6.45) is 7.53. The molecule has 1 saturated carbocycles. The Hall–Kier alpha value is -1.43. The number of aliphatic hydroxyl groups is 1. The zero-order valence-corrected chi connectivity index (χ0v) is 12.3. The summed E-state index contributed by atoms with van der Waals surface area (Å²) in [5, 5.41) is 17.5. The molecule has 0 spiro atoms. The van der Waals surface area contributed by atoms with Crippen LogP contribution in [-0.4, -0.2) is 44.0 Å². The molecule has 1 fully saturated rings. The molecule has 0 radical (unpaired) electrons. The van der Waals surface area contributed by atoms with E-state index < -0.39 is 6.10 Å². The fourth-order valence-corrected chi connectivity index (χ4v) is 2.67. The molecule has 1 heterocycles. The summed E-state index contributed by atoms with van der Waals surface area (Å²) in [5.74, 6) is 0.0549. The van der Waals surface area contributed by atoms with Gasteiger partial charge in [0, 0.05) is 13.1 Å². The van der Waals surface area contributed by atoms with Crippen LogP contribution < -0.4 is 0 Å². The van der Waals surface area contributed by atoms with Crippen LogP contribution >= 0.6 is 0 Å². The second kappa shape index (κ2) is 6.83. The standard InChI is InChI=1S/C14H24N4O2/c1-3-13(19)12-9-18(16-15-12)10-14(20)17(2)11-7-5-4-6-8-11/h9,11,13,19H,3-8,10H2,1-2H3. The molecule has 1 atom stereocenters. The Bertz CT molecular complexity index is 440. The number of hydrogen-bond donors (Lipinski definition) is 1. The van der Waals surface area contributed by atoms with Crippen LogP contribution in [0, 0.1) is 0 Å². The predicted octanol–water partition coefficient (Wildman–Crippen LogP) is 1.51. The highest BCUT2D eigenvalue weighted by atomic mass is 16.3. The lowest BCUT2D eigenvalue weighted by molar-refractivity contribution is -0.133. The largest absolute Gasteiger partial charge is 0.387 e. The number of aromatic nitrogens is 3. The van der Waals surface area contributed by atoms with Gasteiger partial charge in [-0.25, -0.2) is 4.68 Å². The first-order chi connectivity index (χ1) is 9.61. The average molecular weight is 280 g/mol. The maximum atomic E-state index is 12.2. The van der Waals surface area contributed by atoms with E-state index >= 15 is 0 Å². The predicted molar refractivity (Wildman–Crippen MR) is 74.9 cm³/mol. The maximum absolute atomic E-state index is 12.2. The van der Waals surface area contributed by atoms with Crippen LogP contribution in [0.1, 0.15) is 57.2 Å². The van der Waals surface area contributed by atoms with E-state index in [-0.39, 0.29) is 12.5 Å². The minimum absolute atomic E-state index is 0.0549. The van der Waals surface area contributed by atoms with Crippen LogP contribution in [0.25, 0.3) is 0 Å². The summed E-state index contributed by atoms with van der Waals surface area (Å²) in [4.78, 5) is 14.1. The van der Waals surface area contributed by atoms with E-state index in [1.165, 1.54) is 23.9 Å². The second-order valence-corrected chi connectivity index (χ2v) is 5.56. The molecule has 6 nitrogen and oxygen atoms in total. The van der Waals surface area contributed by atoms with Crippen molar-refractivity contribution in [2.75, 3.05) is 7.05 Å². The van der Waals surface area contributed by atoms with E-state index in [0.717, 1.165) is 12.8 Å². The Morgan fingerprint density at radius 3 is 2.85 bits per heavy atom. The number of aliphatic hydroxyl groups excluding tert-OH is 1. The Balaban J connectivity index is 1.91. The van der Waals surface area contributed by atoms with Crippen molar-refractivity contribution in [1.29, 1.82) is 0 Å². The summed E-state index contributed by atoms with van der Waals surface area (Å²) in [6.45, 7) is 2.07. The van der Waals surface area contributed by atoms with Gasteiger partial charge in [0.2, 0.25) is 5.91 Å². The number of amides is 1. The minimum atomic E-state index is -0.602. The SMILES string of the molecule is CCC(O)c1cn(CC(=O)N(C)C2CCCCC2)nn1. The monoisotopic (exact) mass is 280 g/mol. The quantitative estimate of drug-likeness (QED) is 0.887. The molecule has 6 heteroatoms. The minimum Gasteiger partial charge on any atom is -0.387 e. The highest BCUT2D eigenvalue weighted by molar-refractivity contribution is 5.75. The van der Waals surface area contributed by atoms with Gasteiger partial charge in [-0.3, -0.25) is 4.79 Å². The number of likely N-dealkylation sites (N-methyl/N-ethyl adjacent to an activating group) is 1. The first kappa shape index (κ1) is 15.0. The fourth-order valence-electron chi connectivity index (χ4n) is 2.67. The molecular formula is C14H24N4O2. The number of rotatable bonds is 5. The maximum Gasteiger partial charge on any atom is 0.244 e. The molecule has 1 aromatic heterocycles. The summed E-state index contributed by atoms with van der Waals surface area (Å²) in [5.41, 5.74) is 0.528. The van der Waals surface area contributed by atoms with Crippen molar-refractivity contribution in [2.45, 2.75) is 64.1 Å². The van der Waals surface area contributed by atoms with Crippen LogP contribution in [0.4, 0.5) is 0 Å². The molecule has 2 rings (SSSR count). The molecule has 1 aromatic rings. The van der Waals surface area contributed by atoms with Crippen molar-refractivity contribution >= 4 is 5.91 Å². The zero-order chi connectivity index (χ0) is 14.5. The highest BCUT2D eigenvalue weighted by Crippen LogP contribution is 2.21. The molecule has 1 aliphatic rings. The van der Waals surface area contributed by atoms with Gasteiger partial charge < -0.3 is 10.0 Å². The lowest BCUT2D eigenvalue weighted by atomic mass is 9.94. The van der Waals surface area contributed by atoms with E-state index in [2.05, 4.69) is 10.3 Å². The van der Waals surface area contributed by atoms with Gasteiger partial charge in [0.05, 0.1) is 12.3 Å². The van der Waals surface area contributed by atoms with Crippen LogP contribution in [0.15, 0.2) is 6.20 Å².